The number of carbonyl (C=O) groups is 1. The third kappa shape index (κ3) is 4.02. The zero-order valence-electron chi connectivity index (χ0n) is 19.7. The van der Waals surface area contributed by atoms with Gasteiger partial charge in [0.2, 0.25) is 5.91 Å². The quantitative estimate of drug-likeness (QED) is 0.509. The van der Waals surface area contributed by atoms with Crippen LogP contribution in [0.15, 0.2) is 54.6 Å². The van der Waals surface area contributed by atoms with Gasteiger partial charge in [0.05, 0.1) is 5.56 Å². The van der Waals surface area contributed by atoms with Gasteiger partial charge in [-0.2, -0.15) is 13.2 Å². The number of amides is 1. The number of alkyl halides is 3. The van der Waals surface area contributed by atoms with Crippen LogP contribution in [-0.4, -0.2) is 20.7 Å². The summed E-state index contributed by atoms with van der Waals surface area (Å²) in [6.45, 7) is 0. The fraction of sp³-hybridized carbons (Fsp3) is 0.444. The van der Waals surface area contributed by atoms with Gasteiger partial charge in [-0.15, -0.1) is 10.2 Å². The fourth-order valence-corrected chi connectivity index (χ4v) is 6.49. The smallest absolute Gasteiger partial charge is 0.369 e. The van der Waals surface area contributed by atoms with Crippen molar-refractivity contribution >= 4 is 5.91 Å². The van der Waals surface area contributed by atoms with Crippen molar-refractivity contribution in [1.29, 1.82) is 0 Å². The number of fused-ring (bicyclic) bond motifs is 3. The number of rotatable bonds is 6. The van der Waals surface area contributed by atoms with E-state index >= 15 is 0 Å². The van der Waals surface area contributed by atoms with E-state index in [2.05, 4.69) is 10.2 Å². The third-order valence-electron chi connectivity index (χ3n) is 8.49. The van der Waals surface area contributed by atoms with E-state index in [0.29, 0.717) is 6.42 Å². The van der Waals surface area contributed by atoms with E-state index in [1.54, 1.807) is 17.7 Å². The molecule has 0 aliphatic heterocycles. The minimum absolute atomic E-state index is 0.0373. The van der Waals surface area contributed by atoms with E-state index in [-0.39, 0.29) is 34.0 Å². The van der Waals surface area contributed by atoms with Gasteiger partial charge in [-0.25, -0.2) is 0 Å². The lowest BCUT2D eigenvalue weighted by atomic mass is 9.49. The first-order valence-electron chi connectivity index (χ1n) is 12.0. The van der Waals surface area contributed by atoms with Crippen LogP contribution in [0.1, 0.15) is 55.5 Å². The second-order valence-electron chi connectivity index (χ2n) is 10.2. The largest absolute Gasteiger partial charge is 0.417 e. The molecule has 35 heavy (non-hydrogen) atoms. The van der Waals surface area contributed by atoms with E-state index in [4.69, 9.17) is 5.73 Å². The zero-order valence-corrected chi connectivity index (χ0v) is 19.7. The van der Waals surface area contributed by atoms with Crippen LogP contribution >= 0.6 is 0 Å². The number of nitrogens with zero attached hydrogens (tertiary/aromatic N) is 3. The van der Waals surface area contributed by atoms with Gasteiger partial charge in [0.15, 0.2) is 5.82 Å². The Kier molecular flexibility index (Phi) is 5.73. The molecular weight excluding hydrogens is 453 g/mol. The Bertz CT molecular complexity index is 1210. The normalized spacial score (nSPS) is 24.9. The fourth-order valence-electron chi connectivity index (χ4n) is 6.49. The average Bonchev–Trinajstić information content (AvgIpc) is 3.25. The lowest BCUT2D eigenvalue weighted by Crippen LogP contribution is -2.52. The number of hydrogen-bond acceptors (Lipinski definition) is 3. The van der Waals surface area contributed by atoms with Gasteiger partial charge in [0.1, 0.15) is 5.82 Å². The van der Waals surface area contributed by atoms with Crippen LogP contribution in [0.2, 0.25) is 0 Å². The maximum absolute atomic E-state index is 13.6. The Hall–Kier alpha value is -3.16. The molecule has 3 aromatic rings. The number of aromatic nitrogens is 3. The van der Waals surface area contributed by atoms with Crippen molar-refractivity contribution in [3.63, 3.8) is 0 Å². The van der Waals surface area contributed by atoms with Gasteiger partial charge >= 0.3 is 6.18 Å². The second kappa shape index (κ2) is 8.50. The average molecular weight is 483 g/mol. The van der Waals surface area contributed by atoms with Crippen molar-refractivity contribution in [3.05, 3.63) is 71.5 Å². The molecule has 184 valence electrons. The van der Waals surface area contributed by atoms with Crippen LogP contribution in [0.5, 0.6) is 0 Å². The predicted octanol–water partition coefficient (Wildman–Crippen LogP) is 5.44. The molecule has 1 amide bonds. The first-order valence-corrected chi connectivity index (χ1v) is 12.0. The zero-order chi connectivity index (χ0) is 24.8. The Balaban J connectivity index is 1.42. The first kappa shape index (κ1) is 23.6. The van der Waals surface area contributed by atoms with Crippen LogP contribution in [0.3, 0.4) is 0 Å². The van der Waals surface area contributed by atoms with Crippen molar-refractivity contribution in [1.82, 2.24) is 14.8 Å². The molecule has 1 heterocycles. The molecular formula is C27H29F3N4O. The molecule has 1 atom stereocenters. The van der Waals surface area contributed by atoms with Crippen molar-refractivity contribution in [3.8, 4) is 11.4 Å². The molecule has 1 aromatic heterocycles. The third-order valence-corrected chi connectivity index (χ3v) is 8.49. The van der Waals surface area contributed by atoms with Crippen molar-refractivity contribution in [2.24, 2.45) is 24.1 Å². The first-order chi connectivity index (χ1) is 16.7. The molecule has 2 aromatic carbocycles. The molecule has 3 fully saturated rings. The van der Waals surface area contributed by atoms with Crippen molar-refractivity contribution < 1.29 is 18.0 Å². The highest BCUT2D eigenvalue weighted by Gasteiger charge is 2.55. The van der Waals surface area contributed by atoms with E-state index in [1.165, 1.54) is 12.1 Å². The number of primary amides is 1. The summed E-state index contributed by atoms with van der Waals surface area (Å²) in [5.41, 5.74) is 5.96. The van der Waals surface area contributed by atoms with Gasteiger partial charge < -0.3 is 10.3 Å². The SMILES string of the molecule is Cn1c(-c2ccccc2C(F)(F)F)nnc1C12CCC(C(Cc3ccccc3)C(N)=O)(CC1)CC2. The van der Waals surface area contributed by atoms with Gasteiger partial charge in [-0.1, -0.05) is 48.5 Å². The maximum atomic E-state index is 13.6. The Labute approximate surface area is 202 Å². The molecule has 3 saturated carbocycles. The summed E-state index contributed by atoms with van der Waals surface area (Å²) in [6.07, 6.45) is 1.14. The molecule has 1 unspecified atom stereocenters. The topological polar surface area (TPSA) is 73.8 Å². The van der Waals surface area contributed by atoms with Gasteiger partial charge in [0, 0.05) is 23.9 Å². The Morgan fingerprint density at radius 1 is 0.971 bits per heavy atom. The van der Waals surface area contributed by atoms with Gasteiger partial charge in [-0.05, 0) is 62.0 Å². The van der Waals surface area contributed by atoms with E-state index in [1.807, 2.05) is 30.3 Å². The molecule has 0 spiro atoms. The molecule has 8 heteroatoms. The maximum Gasteiger partial charge on any atom is 0.417 e. The summed E-state index contributed by atoms with van der Waals surface area (Å²) >= 11 is 0. The van der Waals surface area contributed by atoms with Crippen LogP contribution < -0.4 is 5.73 Å². The number of hydrogen-bond donors (Lipinski definition) is 1. The highest BCUT2D eigenvalue weighted by molar-refractivity contribution is 5.78. The van der Waals surface area contributed by atoms with Crippen LogP contribution in [0, 0.1) is 11.3 Å². The molecule has 0 radical (unpaired) electrons. The van der Waals surface area contributed by atoms with Crippen LogP contribution in [-0.2, 0) is 29.9 Å². The summed E-state index contributed by atoms with van der Waals surface area (Å²) in [7, 11) is 1.75. The number of halogens is 3. The monoisotopic (exact) mass is 482 g/mol. The predicted molar refractivity (Wildman–Crippen MR) is 126 cm³/mol. The van der Waals surface area contributed by atoms with Crippen molar-refractivity contribution in [2.45, 2.75) is 56.5 Å². The highest BCUT2D eigenvalue weighted by Crippen LogP contribution is 2.60. The molecule has 0 saturated heterocycles. The molecule has 5 nitrogen and oxygen atoms in total. The summed E-state index contributed by atoms with van der Waals surface area (Å²) in [6, 6.07) is 15.5. The number of carbonyl (C=O) groups excluding carboxylic acids is 1. The standard InChI is InChI=1S/C27H29F3N4O/c1-34-23(19-9-5-6-10-20(19)27(28,29)30)32-33-24(34)26-14-11-25(12-15-26,13-16-26)21(22(31)35)17-18-7-3-2-4-8-18/h2-10,21H,11-17H2,1H3,(H2,31,35). The van der Waals surface area contributed by atoms with Crippen LogP contribution in [0.25, 0.3) is 11.4 Å². The van der Waals surface area contributed by atoms with Crippen LogP contribution in [0.4, 0.5) is 13.2 Å². The number of benzene rings is 2. The minimum Gasteiger partial charge on any atom is -0.369 e. The molecule has 2 bridgehead atoms. The molecule has 2 N–H and O–H groups in total. The summed E-state index contributed by atoms with van der Waals surface area (Å²) < 4.78 is 42.6. The molecule has 3 aliphatic rings. The summed E-state index contributed by atoms with van der Waals surface area (Å²) in [5, 5.41) is 8.65. The van der Waals surface area contributed by atoms with Crippen molar-refractivity contribution in [2.75, 3.05) is 0 Å². The van der Waals surface area contributed by atoms with Gasteiger partial charge in [-0.3, -0.25) is 4.79 Å². The number of nitrogens with two attached hydrogens (primary N) is 1. The van der Waals surface area contributed by atoms with E-state index in [0.717, 1.165) is 56.0 Å². The lowest BCUT2D eigenvalue weighted by molar-refractivity contribution is -0.137. The minimum atomic E-state index is -4.47. The Morgan fingerprint density at radius 2 is 1.57 bits per heavy atom. The second-order valence-corrected chi connectivity index (χ2v) is 10.2. The summed E-state index contributed by atoms with van der Waals surface area (Å²) in [5.74, 6) is 0.463. The molecule has 6 rings (SSSR count). The molecule has 3 aliphatic carbocycles. The summed E-state index contributed by atoms with van der Waals surface area (Å²) in [4.78, 5) is 12.6. The van der Waals surface area contributed by atoms with E-state index in [9.17, 15) is 18.0 Å². The van der Waals surface area contributed by atoms with Gasteiger partial charge in [0.25, 0.3) is 0 Å². The lowest BCUT2D eigenvalue weighted by Gasteiger charge is -2.55. The Morgan fingerprint density at radius 3 is 2.17 bits per heavy atom. The highest BCUT2D eigenvalue weighted by atomic mass is 19.4. The van der Waals surface area contributed by atoms with E-state index < -0.39 is 11.7 Å².